The number of benzene rings is 3. The van der Waals surface area contributed by atoms with Crippen molar-refractivity contribution in [2.45, 2.75) is 52.4 Å². The average Bonchev–Trinajstić information content (AvgIpc) is 3.72. The zero-order chi connectivity index (χ0) is 33.1. The van der Waals surface area contributed by atoms with Crippen LogP contribution in [0.1, 0.15) is 62.4 Å². The number of rotatable bonds is 11. The Morgan fingerprint density at radius 2 is 1.64 bits per heavy atom. The Hall–Kier alpha value is -5.45. The van der Waals surface area contributed by atoms with Crippen LogP contribution >= 0.6 is 0 Å². The highest BCUT2D eigenvalue weighted by molar-refractivity contribution is 5.80. The molecule has 0 unspecified atom stereocenters. The molecule has 0 saturated carbocycles. The molecule has 3 aromatic carbocycles. The Balaban J connectivity index is 1.32. The number of nitrogens with zero attached hydrogens (tertiary/aromatic N) is 5. The molecule has 0 radical (unpaired) electrons. The van der Waals surface area contributed by atoms with Crippen molar-refractivity contribution in [1.82, 2.24) is 29.8 Å². The van der Waals surface area contributed by atoms with Crippen LogP contribution in [-0.4, -0.2) is 29.8 Å². The van der Waals surface area contributed by atoms with Crippen molar-refractivity contribution >= 4 is 0 Å². The summed E-state index contributed by atoms with van der Waals surface area (Å²) in [5, 5.41) is 7.74. The Bertz CT molecular complexity index is 2140. The summed E-state index contributed by atoms with van der Waals surface area (Å²) in [4.78, 5) is 37.2. The van der Waals surface area contributed by atoms with Crippen molar-refractivity contribution < 1.29 is 16.2 Å². The average molecular weight is 609 g/mol. The monoisotopic (exact) mass is 608 g/mol. The van der Waals surface area contributed by atoms with E-state index in [1.165, 1.54) is 16.7 Å². The topological polar surface area (TPSA) is 133 Å². The molecule has 0 bridgehead atoms. The van der Waals surface area contributed by atoms with Crippen LogP contribution in [0.15, 0.2) is 91.4 Å². The van der Waals surface area contributed by atoms with Crippen molar-refractivity contribution in [2.24, 2.45) is 0 Å². The second kappa shape index (κ2) is 13.0. The summed E-state index contributed by atoms with van der Waals surface area (Å²) >= 11 is 0. The third-order valence-electron chi connectivity index (χ3n) is 7.39. The largest absolute Gasteiger partial charge is 0.439 e. The van der Waals surface area contributed by atoms with Crippen molar-refractivity contribution in [1.29, 1.82) is 0 Å². The second-order valence-corrected chi connectivity index (χ2v) is 10.6. The van der Waals surface area contributed by atoms with Crippen molar-refractivity contribution in [3.8, 4) is 22.5 Å². The van der Waals surface area contributed by atoms with Crippen molar-refractivity contribution in [3.05, 3.63) is 139 Å². The van der Waals surface area contributed by atoms with Gasteiger partial charge in [0.05, 0.1) is 12.9 Å². The Morgan fingerprint density at radius 1 is 0.911 bits per heavy atom. The van der Waals surface area contributed by atoms with E-state index in [4.69, 9.17) is 16.8 Å². The van der Waals surface area contributed by atoms with Gasteiger partial charge in [0.25, 0.3) is 5.56 Å². The Kier molecular flexibility index (Phi) is 7.86. The molecule has 0 aliphatic carbocycles. The van der Waals surface area contributed by atoms with Crippen LogP contribution in [0.4, 0.5) is 4.39 Å². The minimum atomic E-state index is -2.43. The predicted molar refractivity (Wildman–Crippen MR) is 165 cm³/mol. The van der Waals surface area contributed by atoms with E-state index in [0.29, 0.717) is 23.6 Å². The van der Waals surface area contributed by atoms with Gasteiger partial charge in [-0.2, -0.15) is 4.98 Å². The van der Waals surface area contributed by atoms with E-state index in [0.717, 1.165) is 35.1 Å². The fourth-order valence-corrected chi connectivity index (χ4v) is 5.08. The minimum absolute atomic E-state index is 0.159. The van der Waals surface area contributed by atoms with Gasteiger partial charge in [-0.05, 0) is 47.7 Å². The van der Waals surface area contributed by atoms with Crippen molar-refractivity contribution in [3.63, 3.8) is 0 Å². The first-order chi connectivity index (χ1) is 22.6. The molecular formula is C34H31FN6O4. The lowest BCUT2D eigenvalue weighted by Gasteiger charge is -2.16. The van der Waals surface area contributed by atoms with Crippen LogP contribution in [-0.2, 0) is 25.8 Å². The maximum absolute atomic E-state index is 14.1. The molecule has 1 N–H and O–H groups in total. The van der Waals surface area contributed by atoms with Gasteiger partial charge >= 0.3 is 5.76 Å². The molecule has 0 spiro atoms. The fourth-order valence-electron chi connectivity index (χ4n) is 5.08. The normalized spacial score (nSPS) is 12.2. The van der Waals surface area contributed by atoms with Gasteiger partial charge in [-0.25, -0.2) is 14.2 Å². The Labute approximate surface area is 260 Å². The molecule has 10 nitrogen and oxygen atoms in total. The molecule has 0 fully saturated rings. The van der Waals surface area contributed by atoms with Gasteiger partial charge in [0.15, 0.2) is 11.6 Å². The fraction of sp³-hybridized carbons (Fsp3) is 0.235. The SMILES string of the molecule is [2H]C([2H])(c1nc(Cc2ccc(F)cc2)no1)c1c(C)nc(CCCC)n(Cc2ccc(-c3ccccc3-c3noc(=O)[nH]3)cc2)c1=O. The number of hydrogen-bond acceptors (Lipinski definition) is 8. The van der Waals surface area contributed by atoms with E-state index in [1.807, 2.05) is 55.5 Å². The molecule has 228 valence electrons. The van der Waals surface area contributed by atoms with Crippen LogP contribution in [0.5, 0.6) is 0 Å². The van der Waals surface area contributed by atoms with Gasteiger partial charge in [0.2, 0.25) is 5.89 Å². The van der Waals surface area contributed by atoms with E-state index >= 15 is 0 Å². The first kappa shape index (κ1) is 27.1. The highest BCUT2D eigenvalue weighted by atomic mass is 19.1. The Morgan fingerprint density at radius 3 is 2.36 bits per heavy atom. The number of aromatic nitrogens is 6. The molecule has 6 aromatic rings. The molecule has 0 amide bonds. The van der Waals surface area contributed by atoms with E-state index in [2.05, 4.69) is 20.3 Å². The number of H-pyrrole nitrogens is 1. The van der Waals surface area contributed by atoms with Crippen LogP contribution in [0.25, 0.3) is 22.5 Å². The van der Waals surface area contributed by atoms with Gasteiger partial charge in [-0.3, -0.25) is 18.9 Å². The van der Waals surface area contributed by atoms with Crippen LogP contribution in [0, 0.1) is 12.7 Å². The van der Waals surface area contributed by atoms with Gasteiger partial charge < -0.3 is 4.52 Å². The first-order valence-electron chi connectivity index (χ1n) is 15.6. The highest BCUT2D eigenvalue weighted by Gasteiger charge is 2.19. The molecule has 3 aromatic heterocycles. The van der Waals surface area contributed by atoms with Crippen LogP contribution < -0.4 is 11.3 Å². The van der Waals surface area contributed by atoms with E-state index < -0.39 is 17.7 Å². The van der Waals surface area contributed by atoms with E-state index in [1.54, 1.807) is 19.1 Å². The first-order valence-corrected chi connectivity index (χ1v) is 14.6. The second-order valence-electron chi connectivity index (χ2n) is 10.6. The van der Waals surface area contributed by atoms with Crippen LogP contribution in [0.3, 0.4) is 0 Å². The molecule has 0 aliphatic rings. The molecule has 45 heavy (non-hydrogen) atoms. The standard InChI is InChI=1S/C34H31FN6O4/c1-3-4-9-30-36-21(2)28(19-31-37-29(39-44-31)18-22-12-16-25(35)17-13-22)33(42)41(30)20-23-10-14-24(15-11-23)26-7-5-6-8-27(26)32-38-34(43)45-40-32/h5-8,10-17H,3-4,9,18-20H2,1-2H3,(H,38,40,43)/i19D2. The summed E-state index contributed by atoms with van der Waals surface area (Å²) in [7, 11) is 0. The quantitative estimate of drug-likeness (QED) is 0.199. The van der Waals surface area contributed by atoms with E-state index in [-0.39, 0.29) is 41.8 Å². The molecule has 3 heterocycles. The number of nitrogens with one attached hydrogen (secondary N) is 1. The molecule has 0 aliphatic heterocycles. The smallest absolute Gasteiger partial charge is 0.339 e. The van der Waals surface area contributed by atoms with Gasteiger partial charge in [-0.1, -0.05) is 84.3 Å². The number of unbranched alkanes of at least 4 members (excludes halogenated alkanes) is 1. The van der Waals surface area contributed by atoms with Gasteiger partial charge in [0, 0.05) is 32.4 Å². The molecular weight excluding hydrogens is 575 g/mol. The summed E-state index contributed by atoms with van der Waals surface area (Å²) in [5.74, 6) is -0.296. The van der Waals surface area contributed by atoms with Gasteiger partial charge in [-0.15, -0.1) is 0 Å². The third kappa shape index (κ3) is 6.72. The number of hydrogen-bond donors (Lipinski definition) is 1. The third-order valence-corrected chi connectivity index (χ3v) is 7.39. The summed E-state index contributed by atoms with van der Waals surface area (Å²) < 4.78 is 42.7. The number of halogens is 1. The predicted octanol–water partition coefficient (Wildman–Crippen LogP) is 5.66. The maximum atomic E-state index is 14.1. The zero-order valence-corrected chi connectivity index (χ0v) is 24.7. The lowest BCUT2D eigenvalue weighted by atomic mass is 9.98. The molecule has 11 heteroatoms. The molecule has 6 rings (SSSR count). The minimum Gasteiger partial charge on any atom is -0.339 e. The highest BCUT2D eigenvalue weighted by Crippen LogP contribution is 2.30. The summed E-state index contributed by atoms with van der Waals surface area (Å²) in [5.41, 5.74) is 3.45. The molecule has 0 saturated heterocycles. The number of aryl methyl sites for hydroxylation is 2. The van der Waals surface area contributed by atoms with E-state index in [9.17, 15) is 14.0 Å². The maximum Gasteiger partial charge on any atom is 0.439 e. The van der Waals surface area contributed by atoms with Crippen LogP contribution in [0.2, 0.25) is 0 Å². The number of aromatic amines is 1. The zero-order valence-electron chi connectivity index (χ0n) is 26.7. The lowest BCUT2D eigenvalue weighted by molar-refractivity contribution is 0.379. The molecule has 0 atom stereocenters. The lowest BCUT2D eigenvalue weighted by Crippen LogP contribution is -2.30. The van der Waals surface area contributed by atoms with Crippen molar-refractivity contribution in [2.75, 3.05) is 0 Å². The summed E-state index contributed by atoms with van der Waals surface area (Å²) in [6, 6.07) is 20.9. The summed E-state index contributed by atoms with van der Waals surface area (Å²) in [6.07, 6.45) is 0.00632. The van der Waals surface area contributed by atoms with Gasteiger partial charge in [0.1, 0.15) is 11.6 Å². The summed E-state index contributed by atoms with van der Waals surface area (Å²) in [6.45, 7) is 3.82.